The molecule has 0 fully saturated rings. The van der Waals surface area contributed by atoms with Gasteiger partial charge in [-0.3, -0.25) is 4.79 Å². The Morgan fingerprint density at radius 3 is 2.57 bits per heavy atom. The SMILES string of the molecule is CC(OCCC(=O)Nc1c(N)cc(Cl)cc1Cl)C(F)(F)F. The highest BCUT2D eigenvalue weighted by Crippen LogP contribution is 2.32. The van der Waals surface area contributed by atoms with Gasteiger partial charge >= 0.3 is 6.18 Å². The largest absolute Gasteiger partial charge is 0.414 e. The Morgan fingerprint density at radius 2 is 2.05 bits per heavy atom. The second kappa shape index (κ2) is 7.20. The summed E-state index contributed by atoms with van der Waals surface area (Å²) in [5.41, 5.74) is 5.96. The van der Waals surface area contributed by atoms with Gasteiger partial charge in [-0.2, -0.15) is 13.2 Å². The van der Waals surface area contributed by atoms with Gasteiger partial charge in [0, 0.05) is 5.02 Å². The van der Waals surface area contributed by atoms with Gasteiger partial charge in [0.1, 0.15) is 0 Å². The van der Waals surface area contributed by atoms with E-state index < -0.39 is 18.2 Å². The molecule has 0 saturated carbocycles. The number of hydrogen-bond donors (Lipinski definition) is 2. The summed E-state index contributed by atoms with van der Waals surface area (Å²) in [5, 5.41) is 2.84. The van der Waals surface area contributed by atoms with Crippen LogP contribution in [0.2, 0.25) is 10.0 Å². The molecule has 0 saturated heterocycles. The highest BCUT2D eigenvalue weighted by atomic mass is 35.5. The van der Waals surface area contributed by atoms with Crippen LogP contribution in [0.1, 0.15) is 13.3 Å². The van der Waals surface area contributed by atoms with Crippen molar-refractivity contribution in [3.8, 4) is 0 Å². The van der Waals surface area contributed by atoms with Crippen molar-refractivity contribution in [2.45, 2.75) is 25.6 Å². The normalized spacial score (nSPS) is 13.0. The summed E-state index contributed by atoms with van der Waals surface area (Å²) in [4.78, 5) is 11.6. The number of nitrogens with one attached hydrogen (secondary N) is 1. The number of carbonyl (C=O) groups is 1. The predicted molar refractivity (Wildman–Crippen MR) is 75.6 cm³/mol. The van der Waals surface area contributed by atoms with Crippen molar-refractivity contribution in [1.29, 1.82) is 0 Å². The van der Waals surface area contributed by atoms with E-state index in [0.717, 1.165) is 6.92 Å². The van der Waals surface area contributed by atoms with Crippen LogP contribution in [0, 0.1) is 0 Å². The average Bonchev–Trinajstić information content (AvgIpc) is 2.32. The molecule has 0 spiro atoms. The second-order valence-electron chi connectivity index (χ2n) is 4.20. The molecule has 1 unspecified atom stereocenters. The van der Waals surface area contributed by atoms with Crippen LogP contribution < -0.4 is 11.1 Å². The summed E-state index contributed by atoms with van der Waals surface area (Å²) in [7, 11) is 0. The summed E-state index contributed by atoms with van der Waals surface area (Å²) < 4.78 is 41.1. The Morgan fingerprint density at radius 1 is 1.43 bits per heavy atom. The third-order valence-corrected chi connectivity index (χ3v) is 3.02. The molecule has 9 heteroatoms. The lowest BCUT2D eigenvalue weighted by Crippen LogP contribution is -2.29. The lowest BCUT2D eigenvalue weighted by atomic mass is 10.2. The Bertz CT molecular complexity index is 501. The molecule has 0 aliphatic heterocycles. The van der Waals surface area contributed by atoms with Gasteiger partial charge in [-0.05, 0) is 19.1 Å². The Labute approximate surface area is 129 Å². The summed E-state index contributed by atoms with van der Waals surface area (Å²) in [6, 6.07) is 2.78. The quantitative estimate of drug-likeness (QED) is 0.797. The molecule has 0 aliphatic rings. The maximum atomic E-state index is 12.2. The van der Waals surface area contributed by atoms with E-state index in [9.17, 15) is 18.0 Å². The molecular formula is C12H13Cl2F3N2O2. The first-order valence-corrected chi connectivity index (χ1v) is 6.59. The van der Waals surface area contributed by atoms with Crippen LogP contribution in [0.3, 0.4) is 0 Å². The zero-order valence-corrected chi connectivity index (χ0v) is 12.4. The highest BCUT2D eigenvalue weighted by molar-refractivity contribution is 6.37. The summed E-state index contributed by atoms with van der Waals surface area (Å²) >= 11 is 11.6. The van der Waals surface area contributed by atoms with Crippen LogP contribution in [0.5, 0.6) is 0 Å². The van der Waals surface area contributed by atoms with E-state index >= 15 is 0 Å². The van der Waals surface area contributed by atoms with Crippen LogP contribution in [-0.4, -0.2) is 24.8 Å². The van der Waals surface area contributed by atoms with Crippen LogP contribution in [0.15, 0.2) is 12.1 Å². The third kappa shape index (κ3) is 5.61. The van der Waals surface area contributed by atoms with E-state index in [1.165, 1.54) is 12.1 Å². The van der Waals surface area contributed by atoms with Crippen LogP contribution in [0.4, 0.5) is 24.5 Å². The number of hydrogen-bond acceptors (Lipinski definition) is 3. The minimum absolute atomic E-state index is 0.137. The van der Waals surface area contributed by atoms with Gasteiger partial charge in [0.2, 0.25) is 5.91 Å². The fourth-order valence-corrected chi connectivity index (χ4v) is 1.91. The van der Waals surface area contributed by atoms with E-state index in [-0.39, 0.29) is 29.4 Å². The average molecular weight is 345 g/mol. The Kier molecular flexibility index (Phi) is 6.12. The lowest BCUT2D eigenvalue weighted by molar-refractivity contribution is -0.214. The lowest BCUT2D eigenvalue weighted by Gasteiger charge is -2.16. The number of benzene rings is 1. The monoisotopic (exact) mass is 344 g/mol. The molecule has 3 N–H and O–H groups in total. The zero-order valence-electron chi connectivity index (χ0n) is 10.9. The molecule has 1 amide bonds. The molecule has 1 aromatic carbocycles. The zero-order chi connectivity index (χ0) is 16.2. The molecule has 0 bridgehead atoms. The smallest absolute Gasteiger partial charge is 0.397 e. The standard InChI is InChI=1S/C12H13Cl2F3N2O2/c1-6(12(15,16)17)21-3-2-10(20)19-11-8(14)4-7(13)5-9(11)18/h4-6H,2-3,18H2,1H3,(H,19,20). The minimum atomic E-state index is -4.46. The van der Waals surface area contributed by atoms with Crippen molar-refractivity contribution < 1.29 is 22.7 Å². The predicted octanol–water partition coefficient (Wildman–Crippen LogP) is 3.87. The molecule has 4 nitrogen and oxygen atoms in total. The van der Waals surface area contributed by atoms with E-state index in [1.54, 1.807) is 0 Å². The number of nitrogens with two attached hydrogens (primary N) is 1. The van der Waals surface area contributed by atoms with Crippen molar-refractivity contribution in [3.05, 3.63) is 22.2 Å². The molecule has 1 atom stereocenters. The molecule has 21 heavy (non-hydrogen) atoms. The first-order valence-electron chi connectivity index (χ1n) is 5.84. The van der Waals surface area contributed by atoms with Gasteiger partial charge in [0.25, 0.3) is 0 Å². The second-order valence-corrected chi connectivity index (χ2v) is 5.05. The number of amides is 1. The topological polar surface area (TPSA) is 64.3 Å². The number of alkyl halides is 3. The fraction of sp³-hybridized carbons (Fsp3) is 0.417. The van der Waals surface area contributed by atoms with Crippen molar-refractivity contribution in [1.82, 2.24) is 0 Å². The molecule has 0 aromatic heterocycles. The van der Waals surface area contributed by atoms with Crippen molar-refractivity contribution in [2.24, 2.45) is 0 Å². The minimum Gasteiger partial charge on any atom is -0.397 e. The van der Waals surface area contributed by atoms with E-state index in [0.29, 0.717) is 5.02 Å². The number of anilines is 2. The summed E-state index contributed by atoms with van der Waals surface area (Å²) in [6.07, 6.45) is -6.66. The molecule has 1 rings (SSSR count). The molecule has 0 aliphatic carbocycles. The molecule has 118 valence electrons. The maximum absolute atomic E-state index is 12.2. The van der Waals surface area contributed by atoms with Crippen molar-refractivity contribution >= 4 is 40.5 Å². The summed E-state index contributed by atoms with van der Waals surface area (Å²) in [6.45, 7) is 0.490. The Balaban J connectivity index is 2.52. The van der Waals surface area contributed by atoms with Crippen LogP contribution in [0.25, 0.3) is 0 Å². The van der Waals surface area contributed by atoms with Gasteiger partial charge < -0.3 is 15.8 Å². The molecule has 1 aromatic rings. The van der Waals surface area contributed by atoms with Crippen molar-refractivity contribution in [3.63, 3.8) is 0 Å². The highest BCUT2D eigenvalue weighted by Gasteiger charge is 2.36. The summed E-state index contributed by atoms with van der Waals surface area (Å²) in [5.74, 6) is -0.569. The van der Waals surface area contributed by atoms with Gasteiger partial charge in [0.15, 0.2) is 6.10 Å². The first kappa shape index (κ1) is 17.9. The fourth-order valence-electron chi connectivity index (χ4n) is 1.35. The first-order chi connectivity index (χ1) is 9.61. The number of rotatable bonds is 5. The van der Waals surface area contributed by atoms with Gasteiger partial charge in [-0.25, -0.2) is 0 Å². The number of carbonyl (C=O) groups excluding carboxylic acids is 1. The van der Waals surface area contributed by atoms with Crippen molar-refractivity contribution in [2.75, 3.05) is 17.7 Å². The molecule has 0 radical (unpaired) electrons. The molecular weight excluding hydrogens is 332 g/mol. The third-order valence-electron chi connectivity index (χ3n) is 2.51. The van der Waals surface area contributed by atoms with Crippen LogP contribution in [-0.2, 0) is 9.53 Å². The van der Waals surface area contributed by atoms with E-state index in [1.807, 2.05) is 0 Å². The van der Waals surface area contributed by atoms with Gasteiger partial charge in [0.05, 0.1) is 29.4 Å². The van der Waals surface area contributed by atoms with E-state index in [2.05, 4.69) is 10.1 Å². The van der Waals surface area contributed by atoms with Gasteiger partial charge in [-0.1, -0.05) is 23.2 Å². The number of halogens is 5. The van der Waals surface area contributed by atoms with Crippen LogP contribution >= 0.6 is 23.2 Å². The van der Waals surface area contributed by atoms with E-state index in [4.69, 9.17) is 28.9 Å². The number of nitrogen functional groups attached to an aromatic ring is 1. The maximum Gasteiger partial charge on any atom is 0.414 e. The Hall–Kier alpha value is -1.18. The van der Waals surface area contributed by atoms with Gasteiger partial charge in [-0.15, -0.1) is 0 Å². The molecule has 0 heterocycles. The number of ether oxygens (including phenoxy) is 1.